The predicted octanol–water partition coefficient (Wildman–Crippen LogP) is 5.45. The molecule has 0 fully saturated rings. The summed E-state index contributed by atoms with van der Waals surface area (Å²) in [7, 11) is 2.08. The third-order valence-corrected chi connectivity index (χ3v) is 5.15. The standard InChI is InChI=1S/C21H18N2S/c1-15-7-11-19(12-8-15)22-21-23(2)20(14-24-21)18-10-9-16-5-3-4-6-17(16)13-18/h3-14H,1-2H3. The number of hydrogen-bond acceptors (Lipinski definition) is 2. The molecule has 0 aliphatic heterocycles. The molecular formula is C21H18N2S. The Morgan fingerprint density at radius 1 is 0.875 bits per heavy atom. The summed E-state index contributed by atoms with van der Waals surface area (Å²) >= 11 is 1.67. The van der Waals surface area contributed by atoms with Crippen LogP contribution < -0.4 is 4.80 Å². The van der Waals surface area contributed by atoms with Gasteiger partial charge in [-0.05, 0) is 41.5 Å². The Morgan fingerprint density at radius 3 is 2.42 bits per heavy atom. The maximum Gasteiger partial charge on any atom is 0.190 e. The van der Waals surface area contributed by atoms with Gasteiger partial charge in [-0.3, -0.25) is 0 Å². The van der Waals surface area contributed by atoms with Crippen LogP contribution in [0.25, 0.3) is 22.0 Å². The van der Waals surface area contributed by atoms with Crippen LogP contribution >= 0.6 is 11.3 Å². The molecule has 4 aromatic rings. The normalized spacial score (nSPS) is 12.0. The summed E-state index contributed by atoms with van der Waals surface area (Å²) in [6.45, 7) is 2.09. The van der Waals surface area contributed by atoms with Crippen LogP contribution in [0.15, 0.2) is 77.1 Å². The highest BCUT2D eigenvalue weighted by Gasteiger charge is 2.05. The van der Waals surface area contributed by atoms with Crippen LogP contribution in [0.3, 0.4) is 0 Å². The van der Waals surface area contributed by atoms with Gasteiger partial charge < -0.3 is 4.57 Å². The van der Waals surface area contributed by atoms with E-state index in [-0.39, 0.29) is 0 Å². The molecule has 2 nitrogen and oxygen atoms in total. The van der Waals surface area contributed by atoms with Crippen molar-refractivity contribution in [2.45, 2.75) is 6.92 Å². The first kappa shape index (κ1) is 14.9. The van der Waals surface area contributed by atoms with Crippen molar-refractivity contribution in [2.75, 3.05) is 0 Å². The van der Waals surface area contributed by atoms with Crippen molar-refractivity contribution in [3.05, 3.63) is 82.5 Å². The summed E-state index contributed by atoms with van der Waals surface area (Å²) < 4.78 is 2.16. The number of aryl methyl sites for hydroxylation is 1. The van der Waals surface area contributed by atoms with E-state index in [2.05, 4.69) is 90.6 Å². The summed E-state index contributed by atoms with van der Waals surface area (Å²) in [6.07, 6.45) is 0. The summed E-state index contributed by atoms with van der Waals surface area (Å²) in [6, 6.07) is 23.4. The fourth-order valence-electron chi connectivity index (χ4n) is 2.81. The number of fused-ring (bicyclic) bond motifs is 1. The molecule has 0 saturated carbocycles. The lowest BCUT2D eigenvalue weighted by Crippen LogP contribution is -2.10. The Labute approximate surface area is 145 Å². The van der Waals surface area contributed by atoms with Gasteiger partial charge >= 0.3 is 0 Å². The predicted molar refractivity (Wildman–Crippen MR) is 103 cm³/mol. The highest BCUT2D eigenvalue weighted by atomic mass is 32.1. The fourth-order valence-corrected chi connectivity index (χ4v) is 3.74. The second-order valence-corrected chi connectivity index (χ2v) is 6.81. The van der Waals surface area contributed by atoms with E-state index in [0.29, 0.717) is 0 Å². The summed E-state index contributed by atoms with van der Waals surface area (Å²) in [4.78, 5) is 5.77. The van der Waals surface area contributed by atoms with Crippen LogP contribution in [0.5, 0.6) is 0 Å². The molecule has 0 amide bonds. The molecule has 118 valence electrons. The van der Waals surface area contributed by atoms with Crippen molar-refractivity contribution in [1.29, 1.82) is 0 Å². The van der Waals surface area contributed by atoms with Gasteiger partial charge in [0, 0.05) is 12.4 Å². The number of aromatic nitrogens is 1. The van der Waals surface area contributed by atoms with Crippen molar-refractivity contribution < 1.29 is 0 Å². The molecule has 0 N–H and O–H groups in total. The topological polar surface area (TPSA) is 17.3 Å². The van der Waals surface area contributed by atoms with Crippen molar-refractivity contribution in [3.8, 4) is 11.3 Å². The molecule has 0 saturated heterocycles. The number of hydrogen-bond donors (Lipinski definition) is 0. The first-order chi connectivity index (χ1) is 11.7. The van der Waals surface area contributed by atoms with Gasteiger partial charge in [-0.25, -0.2) is 4.99 Å². The third-order valence-electron chi connectivity index (χ3n) is 4.23. The lowest BCUT2D eigenvalue weighted by atomic mass is 10.1. The maximum atomic E-state index is 4.77. The minimum atomic E-state index is 0.989. The molecule has 0 radical (unpaired) electrons. The SMILES string of the molecule is Cc1ccc(N=c2scc(-c3ccc4ccccc4c3)n2C)cc1. The molecular weight excluding hydrogens is 312 g/mol. The molecule has 1 aromatic heterocycles. The first-order valence-electron chi connectivity index (χ1n) is 7.96. The van der Waals surface area contributed by atoms with Crippen molar-refractivity contribution >= 4 is 27.8 Å². The molecule has 0 spiro atoms. The van der Waals surface area contributed by atoms with E-state index in [9.17, 15) is 0 Å². The average molecular weight is 330 g/mol. The number of thiazole rings is 1. The Bertz CT molecular complexity index is 1070. The molecule has 3 heteroatoms. The number of benzene rings is 3. The van der Waals surface area contributed by atoms with E-state index < -0.39 is 0 Å². The van der Waals surface area contributed by atoms with Gasteiger partial charge in [0.15, 0.2) is 4.80 Å². The Balaban J connectivity index is 1.79. The van der Waals surface area contributed by atoms with Gasteiger partial charge in [0.1, 0.15) is 0 Å². The smallest absolute Gasteiger partial charge is 0.190 e. The lowest BCUT2D eigenvalue weighted by Gasteiger charge is -2.05. The van der Waals surface area contributed by atoms with Gasteiger partial charge in [-0.2, -0.15) is 0 Å². The molecule has 0 unspecified atom stereocenters. The zero-order valence-electron chi connectivity index (χ0n) is 13.7. The highest BCUT2D eigenvalue weighted by Crippen LogP contribution is 2.24. The van der Waals surface area contributed by atoms with Gasteiger partial charge in [0.2, 0.25) is 0 Å². The maximum absolute atomic E-state index is 4.77. The zero-order chi connectivity index (χ0) is 16.5. The van der Waals surface area contributed by atoms with Crippen LogP contribution in [0.2, 0.25) is 0 Å². The van der Waals surface area contributed by atoms with Gasteiger partial charge in [-0.15, -0.1) is 11.3 Å². The van der Waals surface area contributed by atoms with Crippen molar-refractivity contribution in [2.24, 2.45) is 12.0 Å². The zero-order valence-corrected chi connectivity index (χ0v) is 14.5. The third kappa shape index (κ3) is 2.79. The summed E-state index contributed by atoms with van der Waals surface area (Å²) in [5.41, 5.74) is 4.65. The Kier molecular flexibility index (Phi) is 3.79. The van der Waals surface area contributed by atoms with Crippen LogP contribution in [0, 0.1) is 6.92 Å². The number of nitrogens with zero attached hydrogens (tertiary/aromatic N) is 2. The van der Waals surface area contributed by atoms with E-state index in [4.69, 9.17) is 4.99 Å². The van der Waals surface area contributed by atoms with Crippen LogP contribution in [-0.2, 0) is 7.05 Å². The van der Waals surface area contributed by atoms with Gasteiger partial charge in [0.05, 0.1) is 11.4 Å². The van der Waals surface area contributed by atoms with E-state index in [1.165, 1.54) is 27.6 Å². The van der Waals surface area contributed by atoms with E-state index in [1.54, 1.807) is 11.3 Å². The second-order valence-electron chi connectivity index (χ2n) is 5.97. The monoisotopic (exact) mass is 330 g/mol. The Hall–Kier alpha value is -2.65. The minimum Gasteiger partial charge on any atom is -0.320 e. The van der Waals surface area contributed by atoms with Crippen molar-refractivity contribution in [1.82, 2.24) is 4.57 Å². The van der Waals surface area contributed by atoms with Crippen LogP contribution in [0.1, 0.15) is 5.56 Å². The van der Waals surface area contributed by atoms with Crippen molar-refractivity contribution in [3.63, 3.8) is 0 Å². The molecule has 4 rings (SSSR count). The molecule has 3 aromatic carbocycles. The van der Waals surface area contributed by atoms with E-state index in [1.807, 2.05) is 0 Å². The lowest BCUT2D eigenvalue weighted by molar-refractivity contribution is 0.883. The Morgan fingerprint density at radius 2 is 1.62 bits per heavy atom. The highest BCUT2D eigenvalue weighted by molar-refractivity contribution is 7.07. The summed E-state index contributed by atoms with van der Waals surface area (Å²) in [5.74, 6) is 0. The van der Waals surface area contributed by atoms with E-state index in [0.717, 1.165) is 10.5 Å². The average Bonchev–Trinajstić information content (AvgIpc) is 2.97. The molecule has 0 aliphatic rings. The van der Waals surface area contributed by atoms with E-state index >= 15 is 0 Å². The largest absolute Gasteiger partial charge is 0.320 e. The molecule has 0 atom stereocenters. The van der Waals surface area contributed by atoms with Crippen LogP contribution in [-0.4, -0.2) is 4.57 Å². The first-order valence-corrected chi connectivity index (χ1v) is 8.84. The molecule has 0 bridgehead atoms. The second kappa shape index (κ2) is 6.10. The van der Waals surface area contributed by atoms with Crippen LogP contribution in [0.4, 0.5) is 5.69 Å². The van der Waals surface area contributed by atoms with Gasteiger partial charge in [0.25, 0.3) is 0 Å². The number of rotatable bonds is 2. The fraction of sp³-hybridized carbons (Fsp3) is 0.0952. The summed E-state index contributed by atoms with van der Waals surface area (Å²) in [5, 5.41) is 4.71. The quantitative estimate of drug-likeness (QED) is 0.465. The molecule has 24 heavy (non-hydrogen) atoms. The molecule has 1 heterocycles. The minimum absolute atomic E-state index is 0.989. The van der Waals surface area contributed by atoms with Gasteiger partial charge in [-0.1, -0.05) is 54.1 Å². The molecule has 0 aliphatic carbocycles.